The van der Waals surface area contributed by atoms with E-state index >= 15 is 0 Å². The van der Waals surface area contributed by atoms with Crippen LogP contribution in [0.2, 0.25) is 0 Å². The zero-order valence-electron chi connectivity index (χ0n) is 14.2. The summed E-state index contributed by atoms with van der Waals surface area (Å²) in [7, 11) is 0. The number of primary amides is 1. The van der Waals surface area contributed by atoms with E-state index < -0.39 is 12.2 Å². The minimum Gasteiger partial charge on any atom is -0.438 e. The smallest absolute Gasteiger partial charge is 0.405 e. The number of rotatable bonds is 6. The number of imidazole rings is 1. The number of nitrogens with one attached hydrogen (secondary N) is 1. The van der Waals surface area contributed by atoms with Crippen LogP contribution in [-0.2, 0) is 4.74 Å². The number of H-pyrrole nitrogens is 1. The van der Waals surface area contributed by atoms with E-state index in [2.05, 4.69) is 22.1 Å². The van der Waals surface area contributed by atoms with Crippen molar-refractivity contribution in [2.75, 3.05) is 0 Å². The fourth-order valence-electron chi connectivity index (χ4n) is 2.64. The van der Waals surface area contributed by atoms with Crippen molar-refractivity contribution >= 4 is 17.9 Å². The van der Waals surface area contributed by atoms with Gasteiger partial charge in [-0.2, -0.15) is 10.5 Å². The van der Waals surface area contributed by atoms with Crippen LogP contribution in [0.3, 0.4) is 0 Å². The molecule has 1 aromatic carbocycles. The first kappa shape index (κ1) is 17.8. The third kappa shape index (κ3) is 3.98. The van der Waals surface area contributed by atoms with Crippen LogP contribution < -0.4 is 5.73 Å². The average molecular weight is 367 g/mol. The van der Waals surface area contributed by atoms with Crippen molar-refractivity contribution in [3.05, 3.63) is 40.8 Å². The number of aromatic amines is 1. The van der Waals surface area contributed by atoms with Gasteiger partial charge >= 0.3 is 6.09 Å². The fourth-order valence-corrected chi connectivity index (χ4v) is 3.71. The Kier molecular flexibility index (Phi) is 5.15. The maximum atomic E-state index is 11.1. The second kappa shape index (κ2) is 7.51. The Morgan fingerprint density at radius 1 is 1.38 bits per heavy atom. The number of hydrogen-bond donors (Lipinski definition) is 2. The Hall–Kier alpha value is -2.97. The van der Waals surface area contributed by atoms with E-state index in [4.69, 9.17) is 21.0 Å². The first-order valence-electron chi connectivity index (χ1n) is 8.23. The molecule has 0 aliphatic heterocycles. The van der Waals surface area contributed by atoms with Gasteiger partial charge in [0.1, 0.15) is 10.9 Å². The molecule has 132 valence electrons. The van der Waals surface area contributed by atoms with Gasteiger partial charge in [-0.05, 0) is 37.5 Å². The molecule has 1 atom stereocenters. The predicted octanol–water partition coefficient (Wildman–Crippen LogP) is 3.73. The molecule has 0 bridgehead atoms. The molecule has 1 amide bonds. The van der Waals surface area contributed by atoms with Gasteiger partial charge in [0.25, 0.3) is 0 Å². The summed E-state index contributed by atoms with van der Waals surface area (Å²) < 4.78 is 5.13. The summed E-state index contributed by atoms with van der Waals surface area (Å²) >= 11 is 1.39. The van der Waals surface area contributed by atoms with Crippen LogP contribution in [0, 0.1) is 22.7 Å². The Morgan fingerprint density at radius 2 is 2.04 bits per heavy atom. The van der Waals surface area contributed by atoms with Crippen LogP contribution in [-0.4, -0.2) is 16.1 Å². The summed E-state index contributed by atoms with van der Waals surface area (Å²) in [5.41, 5.74) is 7.00. The van der Waals surface area contributed by atoms with Crippen molar-refractivity contribution in [1.29, 1.82) is 10.5 Å². The summed E-state index contributed by atoms with van der Waals surface area (Å²) in [6, 6.07) is 9.15. The fraction of sp³-hybridized carbons (Fsp3) is 0.333. The van der Waals surface area contributed by atoms with E-state index in [0.717, 1.165) is 28.5 Å². The summed E-state index contributed by atoms with van der Waals surface area (Å²) in [6.07, 6.45) is 1.33. The third-order valence-electron chi connectivity index (χ3n) is 4.01. The normalized spacial score (nSPS) is 14.3. The molecule has 2 aromatic rings. The van der Waals surface area contributed by atoms with Gasteiger partial charge in [0.05, 0.1) is 29.0 Å². The van der Waals surface area contributed by atoms with Crippen LogP contribution in [0.1, 0.15) is 60.9 Å². The molecule has 1 aromatic heterocycles. The molecule has 1 fully saturated rings. The number of nitrogens with two attached hydrogens (primary N) is 1. The van der Waals surface area contributed by atoms with E-state index in [1.807, 2.05) is 6.92 Å². The summed E-state index contributed by atoms with van der Waals surface area (Å²) in [5.74, 6) is 0.965. The number of nitriles is 2. The van der Waals surface area contributed by atoms with Gasteiger partial charge in [-0.3, -0.25) is 0 Å². The van der Waals surface area contributed by atoms with Gasteiger partial charge < -0.3 is 15.5 Å². The molecular formula is C18H17N5O2S. The molecule has 1 unspecified atom stereocenters. The lowest BCUT2D eigenvalue weighted by Crippen LogP contribution is -2.17. The summed E-state index contributed by atoms with van der Waals surface area (Å²) in [6.45, 7) is 1.88. The minimum absolute atomic E-state index is 0.402. The van der Waals surface area contributed by atoms with Gasteiger partial charge in [-0.15, -0.1) is 0 Å². The van der Waals surface area contributed by atoms with Crippen LogP contribution in [0.25, 0.3) is 0 Å². The highest BCUT2D eigenvalue weighted by Gasteiger charge is 2.31. The maximum absolute atomic E-state index is 11.1. The number of carbonyl (C=O) groups excluding carboxylic acids is 1. The molecule has 0 saturated heterocycles. The summed E-state index contributed by atoms with van der Waals surface area (Å²) in [5, 5.41) is 19.1. The molecule has 0 spiro atoms. The van der Waals surface area contributed by atoms with Crippen molar-refractivity contribution < 1.29 is 9.53 Å². The van der Waals surface area contributed by atoms with Gasteiger partial charge in [-0.25, -0.2) is 9.78 Å². The van der Waals surface area contributed by atoms with Crippen molar-refractivity contribution in [2.24, 2.45) is 5.73 Å². The zero-order chi connectivity index (χ0) is 18.7. The van der Waals surface area contributed by atoms with Crippen molar-refractivity contribution in [2.45, 2.75) is 48.1 Å². The number of benzene rings is 1. The number of aromatic nitrogens is 2. The van der Waals surface area contributed by atoms with Gasteiger partial charge in [0.2, 0.25) is 0 Å². The van der Waals surface area contributed by atoms with Crippen LogP contribution in [0.4, 0.5) is 4.79 Å². The van der Waals surface area contributed by atoms with Crippen LogP contribution in [0.15, 0.2) is 28.1 Å². The quantitative estimate of drug-likeness (QED) is 0.800. The van der Waals surface area contributed by atoms with Crippen molar-refractivity contribution in [3.63, 3.8) is 0 Å². The molecule has 1 saturated carbocycles. The van der Waals surface area contributed by atoms with E-state index in [9.17, 15) is 4.79 Å². The Morgan fingerprint density at radius 3 is 2.54 bits per heavy atom. The minimum atomic E-state index is -0.837. The summed E-state index contributed by atoms with van der Waals surface area (Å²) in [4.78, 5) is 19.8. The lowest BCUT2D eigenvalue weighted by molar-refractivity contribution is 0.0993. The molecule has 3 N–H and O–H groups in total. The molecule has 26 heavy (non-hydrogen) atoms. The highest BCUT2D eigenvalue weighted by molar-refractivity contribution is 7.99. The SMILES string of the molecule is CCC(OC(N)=O)c1nc(Sc2cc(C#N)cc(C#N)c2)c(C2CC2)[nH]1. The van der Waals surface area contributed by atoms with E-state index in [1.165, 1.54) is 11.8 Å². The molecule has 7 nitrogen and oxygen atoms in total. The van der Waals surface area contributed by atoms with Gasteiger partial charge in [0.15, 0.2) is 6.10 Å². The number of ether oxygens (including phenoxy) is 1. The van der Waals surface area contributed by atoms with Crippen molar-refractivity contribution in [1.82, 2.24) is 9.97 Å². The lowest BCUT2D eigenvalue weighted by atomic mass is 10.1. The second-order valence-corrected chi connectivity index (χ2v) is 7.08. The second-order valence-electron chi connectivity index (χ2n) is 6.02. The van der Waals surface area contributed by atoms with Crippen LogP contribution in [0.5, 0.6) is 0 Å². The Bertz CT molecular complexity index is 888. The van der Waals surface area contributed by atoms with Gasteiger partial charge in [0, 0.05) is 10.8 Å². The van der Waals surface area contributed by atoms with Gasteiger partial charge in [-0.1, -0.05) is 18.7 Å². The average Bonchev–Trinajstić information content (AvgIpc) is 3.40. The van der Waals surface area contributed by atoms with Crippen molar-refractivity contribution in [3.8, 4) is 12.1 Å². The molecule has 8 heteroatoms. The predicted molar refractivity (Wildman–Crippen MR) is 94.3 cm³/mol. The molecule has 1 aliphatic rings. The molecule has 0 radical (unpaired) electrons. The number of nitrogens with zero attached hydrogens (tertiary/aromatic N) is 3. The van der Waals surface area contributed by atoms with E-state index in [0.29, 0.717) is 29.3 Å². The first-order valence-corrected chi connectivity index (χ1v) is 9.04. The number of hydrogen-bond acceptors (Lipinski definition) is 6. The van der Waals surface area contributed by atoms with Crippen LogP contribution >= 0.6 is 11.8 Å². The lowest BCUT2D eigenvalue weighted by Gasteiger charge is -2.11. The van der Waals surface area contributed by atoms with E-state index in [1.54, 1.807) is 18.2 Å². The highest BCUT2D eigenvalue weighted by atomic mass is 32.2. The largest absolute Gasteiger partial charge is 0.438 e. The third-order valence-corrected chi connectivity index (χ3v) is 4.99. The molecule has 1 aliphatic carbocycles. The highest BCUT2D eigenvalue weighted by Crippen LogP contribution is 2.45. The monoisotopic (exact) mass is 367 g/mol. The maximum Gasteiger partial charge on any atom is 0.405 e. The molecule has 3 rings (SSSR count). The number of amides is 1. The topological polar surface area (TPSA) is 129 Å². The standard InChI is InChI=1S/C18H17N5O2S/c1-2-14(25-18(21)24)16-22-15(12-3-4-12)17(23-16)26-13-6-10(8-19)5-11(7-13)9-20/h5-7,12,14H,2-4H2,1H3,(H2,21,24)(H,22,23). The molecular weight excluding hydrogens is 350 g/mol. The number of carbonyl (C=O) groups is 1. The Labute approximate surface area is 155 Å². The molecule has 1 heterocycles. The first-order chi connectivity index (χ1) is 12.5. The Balaban J connectivity index is 1.94. The van der Waals surface area contributed by atoms with E-state index in [-0.39, 0.29) is 0 Å². The zero-order valence-corrected chi connectivity index (χ0v) is 15.0.